The number of hydrogen-bond acceptors (Lipinski definition) is 2. The fraction of sp³-hybridized carbons (Fsp3) is 0.688. The van der Waals surface area contributed by atoms with Crippen molar-refractivity contribution >= 4 is 17.4 Å². The molecule has 0 unspecified atom stereocenters. The van der Waals surface area contributed by atoms with E-state index in [2.05, 4.69) is 65.6 Å². The van der Waals surface area contributed by atoms with Crippen molar-refractivity contribution in [1.82, 2.24) is 4.98 Å². The summed E-state index contributed by atoms with van der Waals surface area (Å²) in [5.74, 6) is 1.54. The second-order valence-corrected chi connectivity index (χ2v) is 7.79. The Kier molecular flexibility index (Phi) is 4.89. The first-order valence-corrected chi connectivity index (χ1v) is 7.35. The molecule has 3 heteroatoms. The Morgan fingerprint density at radius 3 is 2.11 bits per heavy atom. The number of nitrogens with zero attached hydrogens (tertiary/aromatic N) is 2. The molecular formula is C16H27ClN2. The third-order valence-electron chi connectivity index (χ3n) is 2.90. The normalized spacial score (nSPS) is 12.6. The Morgan fingerprint density at radius 1 is 1.11 bits per heavy atom. The number of alkyl halides is 1. The van der Waals surface area contributed by atoms with Crippen LogP contribution in [-0.4, -0.2) is 18.6 Å². The average Bonchev–Trinajstić information content (AvgIpc) is 2.25. The molecule has 1 heterocycles. The molecule has 19 heavy (non-hydrogen) atoms. The molecule has 0 aliphatic heterocycles. The highest BCUT2D eigenvalue weighted by Gasteiger charge is 2.20. The van der Waals surface area contributed by atoms with Crippen LogP contribution < -0.4 is 4.90 Å². The van der Waals surface area contributed by atoms with Crippen LogP contribution in [-0.2, 0) is 11.3 Å². The van der Waals surface area contributed by atoms with Gasteiger partial charge in [0.05, 0.1) is 0 Å². The molecule has 0 radical (unpaired) electrons. The van der Waals surface area contributed by atoms with E-state index < -0.39 is 0 Å². The third-order valence-corrected chi connectivity index (χ3v) is 3.21. The van der Waals surface area contributed by atoms with Crippen molar-refractivity contribution in [3.63, 3.8) is 0 Å². The molecule has 2 nitrogen and oxygen atoms in total. The van der Waals surface area contributed by atoms with Gasteiger partial charge in [-0.1, -0.05) is 41.5 Å². The van der Waals surface area contributed by atoms with E-state index in [0.29, 0.717) is 5.88 Å². The summed E-state index contributed by atoms with van der Waals surface area (Å²) in [6.45, 7) is 14.2. The highest BCUT2D eigenvalue weighted by molar-refractivity contribution is 6.17. The standard InChI is InChI=1S/C16H27ClN2/c1-15(2,3)11-19(7)14-9-12(10-17)8-13(18-14)16(4,5)6/h8-9H,10-11H2,1-7H3. The molecule has 108 valence electrons. The molecule has 1 rings (SSSR count). The molecule has 0 atom stereocenters. The fourth-order valence-corrected chi connectivity index (χ4v) is 2.17. The van der Waals surface area contributed by atoms with E-state index in [9.17, 15) is 0 Å². The van der Waals surface area contributed by atoms with Crippen LogP contribution in [0.4, 0.5) is 5.82 Å². The first-order valence-electron chi connectivity index (χ1n) is 6.81. The lowest BCUT2D eigenvalue weighted by molar-refractivity contribution is 0.417. The van der Waals surface area contributed by atoms with Crippen molar-refractivity contribution in [3.8, 4) is 0 Å². The maximum atomic E-state index is 6.01. The van der Waals surface area contributed by atoms with E-state index in [-0.39, 0.29) is 10.8 Å². The fourth-order valence-electron chi connectivity index (χ4n) is 2.02. The predicted molar refractivity (Wildman–Crippen MR) is 85.2 cm³/mol. The Bertz CT molecular complexity index is 427. The minimum Gasteiger partial charge on any atom is -0.359 e. The van der Waals surface area contributed by atoms with Gasteiger partial charge in [-0.15, -0.1) is 11.6 Å². The maximum absolute atomic E-state index is 6.01. The average molecular weight is 283 g/mol. The zero-order valence-electron chi connectivity index (χ0n) is 13.3. The first kappa shape index (κ1) is 16.3. The minimum absolute atomic E-state index is 0.0411. The van der Waals surface area contributed by atoms with E-state index in [1.165, 1.54) is 0 Å². The number of hydrogen-bond donors (Lipinski definition) is 0. The summed E-state index contributed by atoms with van der Waals surface area (Å²) in [7, 11) is 2.10. The van der Waals surface area contributed by atoms with Crippen LogP contribution in [0.1, 0.15) is 52.8 Å². The second kappa shape index (κ2) is 5.70. The molecule has 1 aromatic heterocycles. The summed E-state index contributed by atoms with van der Waals surface area (Å²) < 4.78 is 0. The van der Waals surface area contributed by atoms with Gasteiger partial charge in [-0.2, -0.15) is 0 Å². The van der Waals surface area contributed by atoms with Gasteiger partial charge in [-0.3, -0.25) is 0 Å². The SMILES string of the molecule is CN(CC(C)(C)C)c1cc(CCl)cc(C(C)(C)C)n1. The lowest BCUT2D eigenvalue weighted by Crippen LogP contribution is -2.30. The highest BCUT2D eigenvalue weighted by atomic mass is 35.5. The zero-order valence-corrected chi connectivity index (χ0v) is 14.1. The summed E-state index contributed by atoms with van der Waals surface area (Å²) >= 11 is 6.01. The van der Waals surface area contributed by atoms with Crippen LogP contribution in [0.3, 0.4) is 0 Å². The van der Waals surface area contributed by atoms with Crippen molar-refractivity contribution in [2.75, 3.05) is 18.5 Å². The van der Waals surface area contributed by atoms with Gasteiger partial charge in [-0.25, -0.2) is 4.98 Å². The van der Waals surface area contributed by atoms with Crippen LogP contribution in [0.25, 0.3) is 0 Å². The lowest BCUT2D eigenvalue weighted by Gasteiger charge is -2.29. The van der Waals surface area contributed by atoms with Crippen molar-refractivity contribution in [1.29, 1.82) is 0 Å². The van der Waals surface area contributed by atoms with E-state index in [1.807, 2.05) is 0 Å². The van der Waals surface area contributed by atoms with E-state index in [0.717, 1.165) is 23.6 Å². The van der Waals surface area contributed by atoms with Gasteiger partial charge in [0.1, 0.15) is 5.82 Å². The number of halogens is 1. The van der Waals surface area contributed by atoms with E-state index >= 15 is 0 Å². The molecule has 0 spiro atoms. The molecule has 0 saturated heterocycles. The molecule has 0 fully saturated rings. The largest absolute Gasteiger partial charge is 0.359 e. The van der Waals surface area contributed by atoms with Gasteiger partial charge in [0.2, 0.25) is 0 Å². The molecule has 0 amide bonds. The first-order chi connectivity index (χ1) is 8.53. The van der Waals surface area contributed by atoms with Gasteiger partial charge < -0.3 is 4.90 Å². The van der Waals surface area contributed by atoms with Gasteiger partial charge in [0, 0.05) is 30.6 Å². The van der Waals surface area contributed by atoms with Crippen LogP contribution in [0.2, 0.25) is 0 Å². The highest BCUT2D eigenvalue weighted by Crippen LogP contribution is 2.26. The number of pyridine rings is 1. The maximum Gasteiger partial charge on any atom is 0.128 e. The third kappa shape index (κ3) is 5.02. The Labute approximate surface area is 123 Å². The van der Waals surface area contributed by atoms with Crippen LogP contribution in [0.5, 0.6) is 0 Å². The molecule has 0 aliphatic carbocycles. The second-order valence-electron chi connectivity index (χ2n) is 7.52. The Morgan fingerprint density at radius 2 is 1.68 bits per heavy atom. The summed E-state index contributed by atoms with van der Waals surface area (Å²) in [5.41, 5.74) is 2.52. The summed E-state index contributed by atoms with van der Waals surface area (Å²) in [6, 6.07) is 4.20. The number of anilines is 1. The van der Waals surface area contributed by atoms with Crippen LogP contribution in [0.15, 0.2) is 12.1 Å². The zero-order chi connectivity index (χ0) is 14.8. The van der Waals surface area contributed by atoms with Crippen molar-refractivity contribution in [2.24, 2.45) is 5.41 Å². The molecule has 1 aromatic rings. The van der Waals surface area contributed by atoms with E-state index in [4.69, 9.17) is 16.6 Å². The van der Waals surface area contributed by atoms with Crippen molar-refractivity contribution < 1.29 is 0 Å². The van der Waals surface area contributed by atoms with Gasteiger partial charge in [0.25, 0.3) is 0 Å². The van der Waals surface area contributed by atoms with Gasteiger partial charge in [0.15, 0.2) is 0 Å². The topological polar surface area (TPSA) is 16.1 Å². The minimum atomic E-state index is 0.0411. The Hall–Kier alpha value is -0.760. The van der Waals surface area contributed by atoms with Gasteiger partial charge in [-0.05, 0) is 23.1 Å². The summed E-state index contributed by atoms with van der Waals surface area (Å²) in [5, 5.41) is 0. The van der Waals surface area contributed by atoms with Crippen LogP contribution in [0, 0.1) is 5.41 Å². The van der Waals surface area contributed by atoms with E-state index in [1.54, 1.807) is 0 Å². The molecule has 0 aromatic carbocycles. The molecular weight excluding hydrogens is 256 g/mol. The molecule has 0 aliphatic rings. The number of aromatic nitrogens is 1. The molecule has 0 N–H and O–H groups in total. The Balaban J connectivity index is 3.13. The van der Waals surface area contributed by atoms with Crippen molar-refractivity contribution in [2.45, 2.75) is 52.8 Å². The van der Waals surface area contributed by atoms with Crippen molar-refractivity contribution in [3.05, 3.63) is 23.4 Å². The summed E-state index contributed by atoms with van der Waals surface area (Å²) in [4.78, 5) is 7.02. The lowest BCUT2D eigenvalue weighted by atomic mass is 9.90. The summed E-state index contributed by atoms with van der Waals surface area (Å²) in [6.07, 6.45) is 0. The monoisotopic (exact) mass is 282 g/mol. The predicted octanol–water partition coefficient (Wildman–Crippen LogP) is 4.60. The molecule has 0 saturated carbocycles. The number of rotatable bonds is 3. The van der Waals surface area contributed by atoms with Gasteiger partial charge >= 0.3 is 0 Å². The molecule has 0 bridgehead atoms. The quantitative estimate of drug-likeness (QED) is 0.753. The smallest absolute Gasteiger partial charge is 0.128 e. The van der Waals surface area contributed by atoms with Crippen LogP contribution >= 0.6 is 11.6 Å².